The lowest BCUT2D eigenvalue weighted by atomic mass is 9.79. The molecule has 5 rings (SSSR count). The highest BCUT2D eigenvalue weighted by molar-refractivity contribution is 14.1. The fraction of sp³-hybridized carbons (Fsp3) is 0.455. The van der Waals surface area contributed by atoms with Crippen LogP contribution in [0.3, 0.4) is 0 Å². The number of alkyl halides is 1. The quantitative estimate of drug-likeness (QED) is 0.129. The molecule has 10 heteroatoms. The molecule has 1 aliphatic carbocycles. The summed E-state index contributed by atoms with van der Waals surface area (Å²) < 4.78 is 13.0. The molecule has 3 aromatic rings. The number of rotatable bonds is 8. The van der Waals surface area contributed by atoms with Crippen molar-refractivity contribution >= 4 is 50.8 Å². The summed E-state index contributed by atoms with van der Waals surface area (Å²) >= 11 is 2.61. The van der Waals surface area contributed by atoms with Crippen LogP contribution in [-0.2, 0) is 11.3 Å². The summed E-state index contributed by atoms with van der Waals surface area (Å²) in [4.78, 5) is 14.6. The third kappa shape index (κ3) is 6.87. The third-order valence-electron chi connectivity index (χ3n) is 8.70. The molecule has 1 aliphatic heterocycles. The fourth-order valence-corrected chi connectivity index (χ4v) is 6.94. The van der Waals surface area contributed by atoms with Crippen LogP contribution in [0.1, 0.15) is 48.7 Å². The number of carbonyl (C=O) groups is 1. The summed E-state index contributed by atoms with van der Waals surface area (Å²) in [7, 11) is 3.17. The highest BCUT2D eigenvalue weighted by Gasteiger charge is 2.42. The Labute approximate surface area is 267 Å². The Morgan fingerprint density at radius 1 is 1.12 bits per heavy atom. The number of carbonyl (C=O) groups excluding carboxylic acids is 1. The van der Waals surface area contributed by atoms with Crippen molar-refractivity contribution in [2.45, 2.75) is 48.2 Å². The first-order chi connectivity index (χ1) is 20.8. The zero-order chi connectivity index (χ0) is 30.5. The van der Waals surface area contributed by atoms with E-state index < -0.39 is 0 Å². The van der Waals surface area contributed by atoms with Crippen LogP contribution < -0.4 is 20.7 Å². The van der Waals surface area contributed by atoms with Crippen molar-refractivity contribution in [3.05, 3.63) is 53.7 Å². The lowest BCUT2D eigenvalue weighted by Crippen LogP contribution is -2.55. The van der Waals surface area contributed by atoms with E-state index in [0.29, 0.717) is 17.9 Å². The Kier molecular flexibility index (Phi) is 9.70. The first-order valence-corrected chi connectivity index (χ1v) is 15.8. The molecule has 226 valence electrons. The summed E-state index contributed by atoms with van der Waals surface area (Å²) in [5.41, 5.74) is 4.34. The lowest BCUT2D eigenvalue weighted by Gasteiger charge is -2.49. The number of hydrogen-bond donors (Lipinski definition) is 3. The van der Waals surface area contributed by atoms with Gasteiger partial charge in [-0.2, -0.15) is 5.26 Å². The lowest BCUT2D eigenvalue weighted by molar-refractivity contribution is -0.0311. The van der Waals surface area contributed by atoms with Gasteiger partial charge in [0.1, 0.15) is 12.3 Å². The van der Waals surface area contributed by atoms with Crippen LogP contribution in [0, 0.1) is 23.2 Å². The average molecular weight is 695 g/mol. The number of fused-ring (bicyclic) bond motifs is 1. The molecule has 1 amide bonds. The van der Waals surface area contributed by atoms with Crippen molar-refractivity contribution in [2.24, 2.45) is 0 Å². The summed E-state index contributed by atoms with van der Waals surface area (Å²) in [6.07, 6.45) is 4.42. The summed E-state index contributed by atoms with van der Waals surface area (Å²) in [5, 5.41) is 20.5. The number of anilines is 2. The number of ether oxygens (including phenoxy) is 2. The maximum atomic E-state index is 12.0. The van der Waals surface area contributed by atoms with E-state index in [0.717, 1.165) is 80.0 Å². The second kappa shape index (κ2) is 13.5. The maximum absolute atomic E-state index is 12.0. The molecule has 2 aromatic carbocycles. The molecule has 0 bridgehead atoms. The van der Waals surface area contributed by atoms with Crippen LogP contribution in [0.15, 0.2) is 42.5 Å². The number of aromatic nitrogens is 1. The molecule has 2 heterocycles. The van der Waals surface area contributed by atoms with E-state index in [-0.39, 0.29) is 21.5 Å². The van der Waals surface area contributed by atoms with Crippen molar-refractivity contribution in [1.82, 2.24) is 14.8 Å². The average Bonchev–Trinajstić information content (AvgIpc) is 3.39. The minimum Gasteiger partial charge on any atom is -0.495 e. The van der Waals surface area contributed by atoms with E-state index in [1.165, 1.54) is 0 Å². The van der Waals surface area contributed by atoms with Crippen LogP contribution in [-0.4, -0.2) is 71.5 Å². The molecule has 1 saturated carbocycles. The Balaban J connectivity index is 1.32. The number of nitrogens with zero attached hydrogens (tertiary/aromatic N) is 3. The smallest absolute Gasteiger partial charge is 0.251 e. The number of amides is 1. The van der Waals surface area contributed by atoms with Gasteiger partial charge in [-0.3, -0.25) is 9.69 Å². The normalized spacial score (nSPS) is 22.2. The molecule has 2 fully saturated rings. The van der Waals surface area contributed by atoms with Crippen LogP contribution in [0.5, 0.6) is 5.75 Å². The van der Waals surface area contributed by atoms with Crippen molar-refractivity contribution in [3.63, 3.8) is 0 Å². The molecule has 1 saturated heterocycles. The van der Waals surface area contributed by atoms with E-state index in [4.69, 9.17) is 9.47 Å². The Hall–Kier alpha value is -3.45. The predicted molar refractivity (Wildman–Crippen MR) is 179 cm³/mol. The zero-order valence-electron chi connectivity index (χ0n) is 25.1. The van der Waals surface area contributed by atoms with Crippen molar-refractivity contribution < 1.29 is 14.3 Å². The third-order valence-corrected chi connectivity index (χ3v) is 10.1. The maximum Gasteiger partial charge on any atom is 0.251 e. The van der Waals surface area contributed by atoms with E-state index >= 15 is 0 Å². The fourth-order valence-electron chi connectivity index (χ4n) is 6.11. The second-order valence-electron chi connectivity index (χ2n) is 11.3. The second-order valence-corrected chi connectivity index (χ2v) is 13.4. The largest absolute Gasteiger partial charge is 0.495 e. The first-order valence-electron chi connectivity index (χ1n) is 14.7. The Morgan fingerprint density at radius 2 is 1.88 bits per heavy atom. The van der Waals surface area contributed by atoms with Gasteiger partial charge in [0.15, 0.2) is 0 Å². The Bertz CT molecular complexity index is 1570. The zero-order valence-corrected chi connectivity index (χ0v) is 27.2. The molecule has 0 radical (unpaired) electrons. The number of benzene rings is 2. The van der Waals surface area contributed by atoms with E-state index in [2.05, 4.69) is 86.5 Å². The van der Waals surface area contributed by atoms with Gasteiger partial charge in [0.05, 0.1) is 53.4 Å². The molecular weight excluding hydrogens is 655 g/mol. The van der Waals surface area contributed by atoms with Gasteiger partial charge in [-0.15, -0.1) is 0 Å². The minimum absolute atomic E-state index is 0.0443. The van der Waals surface area contributed by atoms with Gasteiger partial charge in [0.25, 0.3) is 5.91 Å². The Morgan fingerprint density at radius 3 is 2.58 bits per heavy atom. The van der Waals surface area contributed by atoms with Gasteiger partial charge in [0.2, 0.25) is 0 Å². The summed E-state index contributed by atoms with van der Waals surface area (Å²) in [6, 6.07) is 15.9. The SMILES string of the molecule is CNC(=O)c1ccc(NCC#Cc2cc3c(N[C@]4(I)CC[C@](C)(N5CCOCC5)CC4)cccc3n2CC#N)c(OC)c1. The highest BCUT2D eigenvalue weighted by atomic mass is 127. The van der Waals surface area contributed by atoms with Crippen LogP contribution in [0.25, 0.3) is 10.9 Å². The number of nitriles is 1. The van der Waals surface area contributed by atoms with Gasteiger partial charge in [0, 0.05) is 42.3 Å². The highest BCUT2D eigenvalue weighted by Crippen LogP contribution is 2.45. The summed E-state index contributed by atoms with van der Waals surface area (Å²) in [5.74, 6) is 6.86. The number of methoxy groups -OCH3 is 1. The van der Waals surface area contributed by atoms with Gasteiger partial charge in [-0.1, -0.05) is 34.6 Å². The van der Waals surface area contributed by atoms with Crippen molar-refractivity contribution in [1.29, 1.82) is 5.26 Å². The number of nitrogens with one attached hydrogen (secondary N) is 3. The molecule has 1 aromatic heterocycles. The molecule has 0 atom stereocenters. The van der Waals surface area contributed by atoms with Gasteiger partial charge < -0.3 is 30.0 Å². The van der Waals surface area contributed by atoms with E-state index in [1.54, 1.807) is 26.3 Å². The van der Waals surface area contributed by atoms with Gasteiger partial charge in [-0.05, 0) is 74.9 Å². The summed E-state index contributed by atoms with van der Waals surface area (Å²) in [6.45, 7) is 6.67. The monoisotopic (exact) mass is 694 g/mol. The van der Waals surface area contributed by atoms with Crippen molar-refractivity contribution in [3.8, 4) is 23.7 Å². The first kappa shape index (κ1) is 31.0. The van der Waals surface area contributed by atoms with Gasteiger partial charge >= 0.3 is 0 Å². The van der Waals surface area contributed by atoms with E-state index in [1.807, 2.05) is 16.7 Å². The van der Waals surface area contributed by atoms with Crippen molar-refractivity contribution in [2.75, 3.05) is 57.6 Å². The molecule has 43 heavy (non-hydrogen) atoms. The topological polar surface area (TPSA) is 104 Å². The van der Waals surface area contributed by atoms with Crippen LogP contribution >= 0.6 is 22.6 Å². The molecule has 2 aliphatic rings. The predicted octanol–water partition coefficient (Wildman–Crippen LogP) is 5.20. The number of morpholine rings is 1. The molecular formula is C33H39IN6O3. The van der Waals surface area contributed by atoms with Crippen LogP contribution in [0.2, 0.25) is 0 Å². The number of hydrogen-bond acceptors (Lipinski definition) is 7. The molecule has 0 spiro atoms. The molecule has 9 nitrogen and oxygen atoms in total. The van der Waals surface area contributed by atoms with Gasteiger partial charge in [-0.25, -0.2) is 0 Å². The number of halogens is 1. The van der Waals surface area contributed by atoms with Crippen LogP contribution in [0.4, 0.5) is 11.4 Å². The van der Waals surface area contributed by atoms with E-state index in [9.17, 15) is 10.1 Å². The minimum atomic E-state index is -0.174. The standard InChI is InChI=1S/C33H39IN6O3/c1-32(39-18-20-43-21-19-39)11-13-33(34,14-12-32)38-27-7-4-8-29-26(27)23-25(40(29)17-15-35)6-5-16-37-28-10-9-24(31(41)36-2)22-30(28)42-3/h4,7-10,22-23,37-38H,11-14,16-21H2,1-3H3,(H,36,41)/t32-,33+. The molecule has 3 N–H and O–H groups in total. The molecule has 0 unspecified atom stereocenters.